The van der Waals surface area contributed by atoms with E-state index in [1.807, 2.05) is 32.0 Å². The monoisotopic (exact) mass is 353 g/mol. The van der Waals surface area contributed by atoms with E-state index >= 15 is 0 Å². The summed E-state index contributed by atoms with van der Waals surface area (Å²) in [5, 5.41) is 3.84. The van der Waals surface area contributed by atoms with E-state index in [2.05, 4.69) is 15.0 Å². The fourth-order valence-electron chi connectivity index (χ4n) is 1.97. The Bertz CT molecular complexity index is 761. The Balaban J connectivity index is 2.06. The lowest BCUT2D eigenvalue weighted by Crippen LogP contribution is -2.16. The number of halogens is 1. The summed E-state index contributed by atoms with van der Waals surface area (Å²) in [6.45, 7) is 3.87. The standard InChI is InChI=1S/C16H20ClN3O2S/c1-3-4-10-23(21,22)20-13-8-9-16(18-11-13)19-15-7-5-6-14(17)12(15)2/h5-9,11,20H,3-4,10H2,1-2H3,(H,18,19). The quantitative estimate of drug-likeness (QED) is 0.777. The van der Waals surface area contributed by atoms with Gasteiger partial charge in [0.1, 0.15) is 5.82 Å². The third-order valence-corrected chi connectivity index (χ3v) is 5.12. The molecule has 0 aliphatic heterocycles. The highest BCUT2D eigenvalue weighted by atomic mass is 35.5. The molecule has 0 aliphatic carbocycles. The van der Waals surface area contributed by atoms with Crippen LogP contribution >= 0.6 is 11.6 Å². The average Bonchev–Trinajstić information content (AvgIpc) is 2.51. The Morgan fingerprint density at radius 3 is 2.65 bits per heavy atom. The van der Waals surface area contributed by atoms with Crippen LogP contribution in [0.1, 0.15) is 25.3 Å². The topological polar surface area (TPSA) is 71.1 Å². The van der Waals surface area contributed by atoms with E-state index in [9.17, 15) is 8.42 Å². The third kappa shape index (κ3) is 5.11. The van der Waals surface area contributed by atoms with Gasteiger partial charge in [0.05, 0.1) is 17.6 Å². The number of hydrogen-bond donors (Lipinski definition) is 2. The Labute approximate surface area is 142 Å². The summed E-state index contributed by atoms with van der Waals surface area (Å²) < 4.78 is 26.2. The second-order valence-electron chi connectivity index (χ2n) is 5.24. The molecule has 0 unspecified atom stereocenters. The molecule has 0 radical (unpaired) electrons. The Morgan fingerprint density at radius 2 is 2.00 bits per heavy atom. The minimum absolute atomic E-state index is 0.116. The average molecular weight is 354 g/mol. The van der Waals surface area contributed by atoms with Crippen LogP contribution in [0.5, 0.6) is 0 Å². The van der Waals surface area contributed by atoms with E-state index in [1.54, 1.807) is 12.1 Å². The normalized spacial score (nSPS) is 11.3. The molecule has 0 spiro atoms. The van der Waals surface area contributed by atoms with Crippen molar-refractivity contribution in [3.63, 3.8) is 0 Å². The van der Waals surface area contributed by atoms with Crippen LogP contribution in [-0.2, 0) is 10.0 Å². The first kappa shape index (κ1) is 17.6. The second kappa shape index (κ2) is 7.66. The highest BCUT2D eigenvalue weighted by Crippen LogP contribution is 2.25. The molecule has 0 saturated carbocycles. The minimum atomic E-state index is -3.31. The Morgan fingerprint density at radius 1 is 1.22 bits per heavy atom. The molecule has 2 rings (SSSR count). The van der Waals surface area contributed by atoms with Crippen LogP contribution in [0.3, 0.4) is 0 Å². The zero-order valence-corrected chi connectivity index (χ0v) is 14.7. The van der Waals surface area contributed by atoms with Gasteiger partial charge in [-0.1, -0.05) is 31.0 Å². The third-order valence-electron chi connectivity index (χ3n) is 3.33. The van der Waals surface area contributed by atoms with E-state index in [0.29, 0.717) is 22.9 Å². The molecule has 0 atom stereocenters. The highest BCUT2D eigenvalue weighted by molar-refractivity contribution is 7.92. The molecular weight excluding hydrogens is 334 g/mol. The van der Waals surface area contributed by atoms with Crippen molar-refractivity contribution in [2.24, 2.45) is 0 Å². The number of benzene rings is 1. The van der Waals surface area contributed by atoms with Crippen LogP contribution in [0, 0.1) is 6.92 Å². The van der Waals surface area contributed by atoms with Crippen molar-refractivity contribution in [1.82, 2.24) is 4.98 Å². The first-order valence-corrected chi connectivity index (χ1v) is 9.43. The van der Waals surface area contributed by atoms with Crippen LogP contribution < -0.4 is 10.0 Å². The number of nitrogens with one attached hydrogen (secondary N) is 2. The van der Waals surface area contributed by atoms with Crippen LogP contribution in [-0.4, -0.2) is 19.2 Å². The molecule has 0 bridgehead atoms. The molecular formula is C16H20ClN3O2S. The van der Waals surface area contributed by atoms with Gasteiger partial charge in [0.15, 0.2) is 0 Å². The molecule has 1 aromatic heterocycles. The predicted molar refractivity (Wildman–Crippen MR) is 96.0 cm³/mol. The van der Waals surface area contributed by atoms with Crippen molar-refractivity contribution in [3.05, 3.63) is 47.1 Å². The Kier molecular flexibility index (Phi) is 5.85. The number of pyridine rings is 1. The highest BCUT2D eigenvalue weighted by Gasteiger charge is 2.10. The molecule has 1 aromatic carbocycles. The van der Waals surface area contributed by atoms with Gasteiger partial charge in [-0.25, -0.2) is 13.4 Å². The summed E-state index contributed by atoms with van der Waals surface area (Å²) in [7, 11) is -3.31. The van der Waals surface area contributed by atoms with Crippen LogP contribution in [0.25, 0.3) is 0 Å². The van der Waals surface area contributed by atoms with Crippen molar-refractivity contribution >= 4 is 38.8 Å². The molecule has 0 fully saturated rings. The van der Waals surface area contributed by atoms with Gasteiger partial charge in [-0.15, -0.1) is 0 Å². The first-order chi connectivity index (χ1) is 10.9. The number of anilines is 3. The molecule has 124 valence electrons. The summed E-state index contributed by atoms with van der Waals surface area (Å²) >= 11 is 6.08. The van der Waals surface area contributed by atoms with Gasteiger partial charge < -0.3 is 5.32 Å². The van der Waals surface area contributed by atoms with Crippen LogP contribution in [0.15, 0.2) is 36.5 Å². The van der Waals surface area contributed by atoms with Crippen molar-refractivity contribution in [2.45, 2.75) is 26.7 Å². The molecule has 2 aromatic rings. The van der Waals surface area contributed by atoms with E-state index in [-0.39, 0.29) is 5.75 Å². The van der Waals surface area contributed by atoms with Crippen LogP contribution in [0.4, 0.5) is 17.2 Å². The lowest BCUT2D eigenvalue weighted by molar-refractivity contribution is 0.598. The fraction of sp³-hybridized carbons (Fsp3) is 0.312. The number of unbranched alkanes of at least 4 members (excludes halogenated alkanes) is 1. The maximum atomic E-state index is 11.8. The first-order valence-electron chi connectivity index (χ1n) is 7.40. The molecule has 0 saturated heterocycles. The Hall–Kier alpha value is -1.79. The molecule has 0 aliphatic rings. The fourth-order valence-corrected chi connectivity index (χ4v) is 3.40. The maximum absolute atomic E-state index is 11.8. The molecule has 0 amide bonds. The second-order valence-corrected chi connectivity index (χ2v) is 7.49. The van der Waals surface area contributed by atoms with Gasteiger partial charge in [-0.3, -0.25) is 4.72 Å². The van der Waals surface area contributed by atoms with Gasteiger partial charge in [-0.05, 0) is 43.2 Å². The number of rotatable bonds is 7. The summed E-state index contributed by atoms with van der Waals surface area (Å²) in [5.41, 5.74) is 2.25. The van der Waals surface area contributed by atoms with Crippen molar-refractivity contribution in [2.75, 3.05) is 15.8 Å². The number of nitrogens with zero attached hydrogens (tertiary/aromatic N) is 1. The zero-order chi connectivity index (χ0) is 16.9. The minimum Gasteiger partial charge on any atom is -0.340 e. The van der Waals surface area contributed by atoms with E-state index < -0.39 is 10.0 Å². The molecule has 7 heteroatoms. The van der Waals surface area contributed by atoms with Gasteiger partial charge >= 0.3 is 0 Å². The predicted octanol–water partition coefficient (Wildman–Crippen LogP) is 4.33. The smallest absolute Gasteiger partial charge is 0.232 e. The summed E-state index contributed by atoms with van der Waals surface area (Å²) in [4.78, 5) is 4.23. The molecule has 1 heterocycles. The van der Waals surface area contributed by atoms with Crippen LogP contribution in [0.2, 0.25) is 5.02 Å². The van der Waals surface area contributed by atoms with Gasteiger partial charge in [-0.2, -0.15) is 0 Å². The molecule has 5 nitrogen and oxygen atoms in total. The lowest BCUT2D eigenvalue weighted by atomic mass is 10.2. The lowest BCUT2D eigenvalue weighted by Gasteiger charge is -2.11. The molecule has 2 N–H and O–H groups in total. The maximum Gasteiger partial charge on any atom is 0.232 e. The van der Waals surface area contributed by atoms with Crippen molar-refractivity contribution < 1.29 is 8.42 Å². The van der Waals surface area contributed by atoms with E-state index in [1.165, 1.54) is 6.20 Å². The largest absolute Gasteiger partial charge is 0.340 e. The number of sulfonamides is 1. The summed E-state index contributed by atoms with van der Waals surface area (Å²) in [6, 6.07) is 8.98. The van der Waals surface area contributed by atoms with Gasteiger partial charge in [0.25, 0.3) is 0 Å². The zero-order valence-electron chi connectivity index (χ0n) is 13.1. The van der Waals surface area contributed by atoms with E-state index in [4.69, 9.17) is 11.6 Å². The van der Waals surface area contributed by atoms with Gasteiger partial charge in [0.2, 0.25) is 10.0 Å². The SMILES string of the molecule is CCCCS(=O)(=O)Nc1ccc(Nc2cccc(Cl)c2C)nc1. The van der Waals surface area contributed by atoms with E-state index in [0.717, 1.165) is 17.7 Å². The summed E-state index contributed by atoms with van der Waals surface area (Å²) in [6.07, 6.45) is 2.96. The number of aromatic nitrogens is 1. The number of hydrogen-bond acceptors (Lipinski definition) is 4. The van der Waals surface area contributed by atoms with Crippen molar-refractivity contribution in [1.29, 1.82) is 0 Å². The van der Waals surface area contributed by atoms with Crippen molar-refractivity contribution in [3.8, 4) is 0 Å². The van der Waals surface area contributed by atoms with Gasteiger partial charge in [0, 0.05) is 10.7 Å². The molecule has 23 heavy (non-hydrogen) atoms. The summed E-state index contributed by atoms with van der Waals surface area (Å²) in [5.74, 6) is 0.734.